The Bertz CT molecular complexity index is 1070. The number of amides is 2. The number of benzene rings is 2. The summed E-state index contributed by atoms with van der Waals surface area (Å²) < 4.78 is 1.73. The van der Waals surface area contributed by atoms with Gasteiger partial charge in [-0.2, -0.15) is 5.10 Å². The van der Waals surface area contributed by atoms with Crippen molar-refractivity contribution in [1.29, 1.82) is 0 Å². The van der Waals surface area contributed by atoms with E-state index in [2.05, 4.69) is 26.1 Å². The molecule has 0 bridgehead atoms. The Balaban J connectivity index is 1.82. The zero-order valence-electron chi connectivity index (χ0n) is 18.9. The van der Waals surface area contributed by atoms with Gasteiger partial charge in [0, 0.05) is 28.6 Å². The second-order valence-corrected chi connectivity index (χ2v) is 9.13. The van der Waals surface area contributed by atoms with Crippen LogP contribution in [0.4, 0.5) is 5.82 Å². The van der Waals surface area contributed by atoms with Gasteiger partial charge in [-0.15, -0.1) is 0 Å². The summed E-state index contributed by atoms with van der Waals surface area (Å²) >= 11 is 5.93. The van der Waals surface area contributed by atoms with Gasteiger partial charge in [-0.05, 0) is 42.8 Å². The number of carbonyl (C=O) groups excluding carboxylic acids is 2. The van der Waals surface area contributed by atoms with E-state index < -0.39 is 0 Å². The summed E-state index contributed by atoms with van der Waals surface area (Å²) in [6.45, 7) is 8.61. The lowest BCUT2D eigenvalue weighted by Gasteiger charge is -2.22. The van der Waals surface area contributed by atoms with E-state index >= 15 is 0 Å². The van der Waals surface area contributed by atoms with Gasteiger partial charge in [0.05, 0.1) is 11.4 Å². The minimum Gasteiger partial charge on any atom is -0.329 e. The Labute approximate surface area is 194 Å². The molecule has 7 heteroatoms. The molecule has 0 aliphatic heterocycles. The van der Waals surface area contributed by atoms with Crippen LogP contribution in [0.15, 0.2) is 60.7 Å². The van der Waals surface area contributed by atoms with E-state index in [1.807, 2.05) is 43.3 Å². The molecular formula is C25H29ClN4O2. The Morgan fingerprint density at radius 2 is 1.72 bits per heavy atom. The average Bonchev–Trinajstić information content (AvgIpc) is 3.18. The smallest absolute Gasteiger partial charge is 0.254 e. The third kappa shape index (κ3) is 5.77. The molecule has 32 heavy (non-hydrogen) atoms. The second-order valence-electron chi connectivity index (χ2n) is 8.69. The fourth-order valence-corrected chi connectivity index (χ4v) is 3.38. The minimum atomic E-state index is -0.279. The summed E-state index contributed by atoms with van der Waals surface area (Å²) in [6, 6.07) is 18.2. The molecule has 2 amide bonds. The maximum Gasteiger partial charge on any atom is 0.254 e. The zero-order valence-corrected chi connectivity index (χ0v) is 19.7. The number of halogens is 1. The van der Waals surface area contributed by atoms with Crippen LogP contribution >= 0.6 is 11.6 Å². The van der Waals surface area contributed by atoms with Crippen molar-refractivity contribution in [2.75, 3.05) is 18.4 Å². The number of anilines is 1. The molecule has 0 fully saturated rings. The first-order valence-electron chi connectivity index (χ1n) is 10.7. The Hall–Kier alpha value is -3.12. The lowest BCUT2D eigenvalue weighted by atomic mass is 9.92. The molecule has 1 aromatic heterocycles. The summed E-state index contributed by atoms with van der Waals surface area (Å²) in [5.74, 6) is 0.0884. The molecule has 2 aromatic carbocycles. The average molecular weight is 453 g/mol. The van der Waals surface area contributed by atoms with Crippen molar-refractivity contribution in [1.82, 2.24) is 14.7 Å². The van der Waals surface area contributed by atoms with Crippen LogP contribution in [0.25, 0.3) is 5.69 Å². The standard InChI is InChI=1S/C25H29ClN4O2/c1-5-15-29(24(32)18-11-13-19(26)14-12-18)17-23(31)27-22-16-21(25(2,3)4)28-30(22)20-9-7-6-8-10-20/h6-14,16H,5,15,17H2,1-4H3,(H,27,31). The molecule has 0 spiro atoms. The van der Waals surface area contributed by atoms with Gasteiger partial charge in [0.1, 0.15) is 12.4 Å². The van der Waals surface area contributed by atoms with Crippen LogP contribution in [0.3, 0.4) is 0 Å². The molecule has 0 aliphatic carbocycles. The molecule has 1 N–H and O–H groups in total. The SMILES string of the molecule is CCCN(CC(=O)Nc1cc(C(C)(C)C)nn1-c1ccccc1)C(=O)c1ccc(Cl)cc1. The van der Waals surface area contributed by atoms with E-state index in [1.54, 1.807) is 33.8 Å². The lowest BCUT2D eigenvalue weighted by molar-refractivity contribution is -0.116. The van der Waals surface area contributed by atoms with E-state index in [9.17, 15) is 9.59 Å². The summed E-state index contributed by atoms with van der Waals surface area (Å²) in [5, 5.41) is 8.23. The van der Waals surface area contributed by atoms with E-state index in [-0.39, 0.29) is 23.8 Å². The third-order valence-corrected chi connectivity index (χ3v) is 5.20. The first-order chi connectivity index (χ1) is 15.2. The van der Waals surface area contributed by atoms with Gasteiger partial charge >= 0.3 is 0 Å². The van der Waals surface area contributed by atoms with Crippen LogP contribution in [-0.2, 0) is 10.2 Å². The number of nitrogens with one attached hydrogen (secondary N) is 1. The molecule has 0 saturated carbocycles. The summed E-state index contributed by atoms with van der Waals surface area (Å²) in [6.07, 6.45) is 0.739. The van der Waals surface area contributed by atoms with Gasteiger partial charge < -0.3 is 10.2 Å². The van der Waals surface area contributed by atoms with Gasteiger partial charge in [-0.3, -0.25) is 9.59 Å². The van der Waals surface area contributed by atoms with Crippen LogP contribution in [0.2, 0.25) is 5.02 Å². The van der Waals surface area contributed by atoms with Gasteiger partial charge in [-0.1, -0.05) is 57.5 Å². The molecule has 0 saturated heterocycles. The first-order valence-corrected chi connectivity index (χ1v) is 11.1. The van der Waals surface area contributed by atoms with Crippen molar-refractivity contribution < 1.29 is 9.59 Å². The van der Waals surface area contributed by atoms with E-state index in [0.29, 0.717) is 22.9 Å². The highest BCUT2D eigenvalue weighted by Gasteiger charge is 2.23. The Morgan fingerprint density at radius 3 is 2.31 bits per heavy atom. The lowest BCUT2D eigenvalue weighted by Crippen LogP contribution is -2.38. The molecule has 0 unspecified atom stereocenters. The van der Waals surface area contributed by atoms with Crippen LogP contribution in [0.1, 0.15) is 50.2 Å². The van der Waals surface area contributed by atoms with Crippen LogP contribution < -0.4 is 5.32 Å². The van der Waals surface area contributed by atoms with Crippen LogP contribution in [-0.4, -0.2) is 39.6 Å². The number of hydrogen-bond donors (Lipinski definition) is 1. The van der Waals surface area contributed by atoms with Crippen molar-refractivity contribution in [3.05, 3.63) is 76.9 Å². The van der Waals surface area contributed by atoms with Crippen molar-refractivity contribution in [3.8, 4) is 5.69 Å². The third-order valence-electron chi connectivity index (χ3n) is 4.95. The largest absolute Gasteiger partial charge is 0.329 e. The minimum absolute atomic E-state index is 0.0554. The molecule has 3 aromatic rings. The quantitative estimate of drug-likeness (QED) is 0.528. The molecule has 3 rings (SSSR count). The summed E-state index contributed by atoms with van der Waals surface area (Å²) in [4.78, 5) is 27.5. The first kappa shape index (κ1) is 23.5. The molecule has 0 radical (unpaired) electrons. The second kappa shape index (κ2) is 10.0. The van der Waals surface area contributed by atoms with E-state index in [0.717, 1.165) is 17.8 Å². The molecular weight excluding hydrogens is 424 g/mol. The number of carbonyl (C=O) groups is 2. The van der Waals surface area contributed by atoms with Gasteiger partial charge in [-0.25, -0.2) is 4.68 Å². The van der Waals surface area contributed by atoms with Crippen molar-refractivity contribution >= 4 is 29.2 Å². The maximum absolute atomic E-state index is 13.0. The Morgan fingerprint density at radius 1 is 1.06 bits per heavy atom. The fraction of sp³-hybridized carbons (Fsp3) is 0.320. The van der Waals surface area contributed by atoms with Crippen molar-refractivity contribution in [2.24, 2.45) is 0 Å². The van der Waals surface area contributed by atoms with Gasteiger partial charge in [0.2, 0.25) is 5.91 Å². The van der Waals surface area contributed by atoms with Crippen LogP contribution in [0.5, 0.6) is 0 Å². The van der Waals surface area contributed by atoms with Crippen LogP contribution in [0, 0.1) is 0 Å². The monoisotopic (exact) mass is 452 g/mol. The molecule has 168 valence electrons. The molecule has 0 atom stereocenters. The number of rotatable bonds is 7. The normalized spacial score (nSPS) is 11.3. The number of aromatic nitrogens is 2. The van der Waals surface area contributed by atoms with Crippen molar-refractivity contribution in [2.45, 2.75) is 39.5 Å². The fourth-order valence-electron chi connectivity index (χ4n) is 3.26. The highest BCUT2D eigenvalue weighted by atomic mass is 35.5. The molecule has 1 heterocycles. The van der Waals surface area contributed by atoms with Gasteiger partial charge in [0.25, 0.3) is 5.91 Å². The zero-order chi connectivity index (χ0) is 23.3. The molecule has 6 nitrogen and oxygen atoms in total. The van der Waals surface area contributed by atoms with E-state index in [1.165, 1.54) is 0 Å². The number of nitrogens with zero attached hydrogens (tertiary/aromatic N) is 3. The highest BCUT2D eigenvalue weighted by molar-refractivity contribution is 6.30. The predicted molar refractivity (Wildman–Crippen MR) is 129 cm³/mol. The number of hydrogen-bond acceptors (Lipinski definition) is 3. The predicted octanol–water partition coefficient (Wildman–Crippen LogP) is 5.31. The van der Waals surface area contributed by atoms with Gasteiger partial charge in [0.15, 0.2) is 0 Å². The van der Waals surface area contributed by atoms with Crippen molar-refractivity contribution in [3.63, 3.8) is 0 Å². The highest BCUT2D eigenvalue weighted by Crippen LogP contribution is 2.26. The van der Waals surface area contributed by atoms with E-state index in [4.69, 9.17) is 16.7 Å². The summed E-state index contributed by atoms with van der Waals surface area (Å²) in [7, 11) is 0. The topological polar surface area (TPSA) is 67.2 Å². The Kier molecular flexibility index (Phi) is 7.36. The number of para-hydroxylation sites is 1. The summed E-state index contributed by atoms with van der Waals surface area (Å²) in [5.41, 5.74) is 2.03. The maximum atomic E-state index is 13.0. The molecule has 0 aliphatic rings.